The lowest BCUT2D eigenvalue weighted by molar-refractivity contribution is 0.618. The Morgan fingerprint density at radius 1 is 1.64 bits per heavy atom. The fourth-order valence-corrected chi connectivity index (χ4v) is 1.16. The first-order chi connectivity index (χ1) is 6.74. The quantitative estimate of drug-likeness (QED) is 0.616. The van der Waals surface area contributed by atoms with E-state index in [0.717, 1.165) is 19.2 Å². The number of nitrogens with zero attached hydrogens (tertiary/aromatic N) is 1. The molecule has 0 saturated carbocycles. The predicted molar refractivity (Wildman–Crippen MR) is 56.8 cm³/mol. The van der Waals surface area contributed by atoms with Crippen molar-refractivity contribution in [2.24, 2.45) is 0 Å². The highest BCUT2D eigenvalue weighted by Crippen LogP contribution is 2.13. The van der Waals surface area contributed by atoms with Gasteiger partial charge in [0.2, 0.25) is 0 Å². The molecule has 0 aliphatic rings. The molecule has 0 aromatic carbocycles. The van der Waals surface area contributed by atoms with E-state index in [1.54, 1.807) is 6.08 Å². The Balaban J connectivity index is 2.65. The van der Waals surface area contributed by atoms with Gasteiger partial charge in [-0.15, -0.1) is 0 Å². The Kier molecular flexibility index (Phi) is 4.56. The van der Waals surface area contributed by atoms with E-state index in [1.165, 1.54) is 6.07 Å². The Labute approximate surface area is 87.8 Å². The minimum Gasteiger partial charge on any atom is -0.319 e. The first kappa shape index (κ1) is 11.1. The maximum absolute atomic E-state index is 13.1. The Hall–Kier alpha value is -0.930. The Morgan fingerprint density at radius 2 is 2.43 bits per heavy atom. The third-order valence-corrected chi connectivity index (χ3v) is 1.92. The first-order valence-electron chi connectivity index (χ1n) is 4.36. The fraction of sp³-hybridized carbons (Fsp3) is 0.300. The molecule has 0 amide bonds. The van der Waals surface area contributed by atoms with Crippen LogP contribution >= 0.6 is 11.6 Å². The number of pyridine rings is 1. The number of aromatic nitrogens is 1. The monoisotopic (exact) mass is 214 g/mol. The molecule has 1 aromatic rings. The predicted octanol–water partition coefficient (Wildman–Crippen LogP) is 2.50. The van der Waals surface area contributed by atoms with Crippen LogP contribution in [0.4, 0.5) is 4.39 Å². The van der Waals surface area contributed by atoms with Crippen LogP contribution in [0.5, 0.6) is 0 Å². The molecular weight excluding hydrogens is 203 g/mol. The zero-order chi connectivity index (χ0) is 10.4. The standard InChI is InChI=1S/C10H12ClFN2/c1-13-5-3-2-4-8-6-10(11)14-7-9(8)12/h2,4,6-7,13H,3,5H2,1H3. The average molecular weight is 215 g/mol. The van der Waals surface area contributed by atoms with Gasteiger partial charge in [-0.05, 0) is 26.1 Å². The van der Waals surface area contributed by atoms with Gasteiger partial charge in [0.1, 0.15) is 11.0 Å². The largest absolute Gasteiger partial charge is 0.319 e. The van der Waals surface area contributed by atoms with Gasteiger partial charge in [0.15, 0.2) is 0 Å². The minimum atomic E-state index is -0.352. The van der Waals surface area contributed by atoms with Crippen molar-refractivity contribution in [1.82, 2.24) is 10.3 Å². The molecule has 0 saturated heterocycles. The van der Waals surface area contributed by atoms with Gasteiger partial charge in [0.05, 0.1) is 6.20 Å². The molecule has 0 spiro atoms. The van der Waals surface area contributed by atoms with E-state index >= 15 is 0 Å². The molecule has 2 nitrogen and oxygen atoms in total. The molecule has 0 aliphatic heterocycles. The van der Waals surface area contributed by atoms with Gasteiger partial charge >= 0.3 is 0 Å². The third-order valence-electron chi connectivity index (χ3n) is 1.71. The van der Waals surface area contributed by atoms with Gasteiger partial charge in [-0.2, -0.15) is 0 Å². The summed E-state index contributed by atoms with van der Waals surface area (Å²) in [6.07, 6.45) is 5.58. The van der Waals surface area contributed by atoms with E-state index in [-0.39, 0.29) is 5.82 Å². The van der Waals surface area contributed by atoms with Crippen LogP contribution in [0, 0.1) is 5.82 Å². The van der Waals surface area contributed by atoms with Gasteiger partial charge in [0.25, 0.3) is 0 Å². The summed E-state index contributed by atoms with van der Waals surface area (Å²) < 4.78 is 13.1. The van der Waals surface area contributed by atoms with Crippen LogP contribution in [-0.4, -0.2) is 18.6 Å². The lowest BCUT2D eigenvalue weighted by atomic mass is 10.2. The molecule has 0 fully saturated rings. The Bertz CT molecular complexity index is 326. The molecule has 0 bridgehead atoms. The Morgan fingerprint density at radius 3 is 3.14 bits per heavy atom. The van der Waals surface area contributed by atoms with Gasteiger partial charge < -0.3 is 5.32 Å². The molecule has 14 heavy (non-hydrogen) atoms. The van der Waals surface area contributed by atoms with Gasteiger partial charge in [-0.25, -0.2) is 9.37 Å². The molecule has 0 aliphatic carbocycles. The summed E-state index contributed by atoms with van der Waals surface area (Å²) in [6.45, 7) is 0.872. The number of hydrogen-bond acceptors (Lipinski definition) is 2. The number of halogens is 2. The molecule has 0 radical (unpaired) electrons. The van der Waals surface area contributed by atoms with E-state index in [9.17, 15) is 4.39 Å². The third kappa shape index (κ3) is 3.44. The molecular formula is C10H12ClFN2. The summed E-state index contributed by atoms with van der Waals surface area (Å²) in [5.74, 6) is -0.352. The van der Waals surface area contributed by atoms with Crippen LogP contribution in [0.3, 0.4) is 0 Å². The summed E-state index contributed by atoms with van der Waals surface area (Å²) in [5.41, 5.74) is 0.473. The van der Waals surface area contributed by atoms with Crippen LogP contribution in [-0.2, 0) is 0 Å². The normalized spacial score (nSPS) is 11.1. The minimum absolute atomic E-state index is 0.305. The first-order valence-corrected chi connectivity index (χ1v) is 4.74. The van der Waals surface area contributed by atoms with Crippen LogP contribution in [0.1, 0.15) is 12.0 Å². The lowest BCUT2D eigenvalue weighted by Crippen LogP contribution is -2.05. The zero-order valence-corrected chi connectivity index (χ0v) is 8.68. The maximum atomic E-state index is 13.1. The number of hydrogen-bond donors (Lipinski definition) is 1. The van der Waals surface area contributed by atoms with Crippen molar-refractivity contribution in [1.29, 1.82) is 0 Å². The highest BCUT2D eigenvalue weighted by atomic mass is 35.5. The van der Waals surface area contributed by atoms with Crippen molar-refractivity contribution >= 4 is 17.7 Å². The molecule has 0 atom stereocenters. The topological polar surface area (TPSA) is 24.9 Å². The van der Waals surface area contributed by atoms with Gasteiger partial charge in [-0.3, -0.25) is 0 Å². The maximum Gasteiger partial charge on any atom is 0.148 e. The van der Waals surface area contributed by atoms with E-state index in [2.05, 4.69) is 10.3 Å². The van der Waals surface area contributed by atoms with Crippen molar-refractivity contribution in [2.45, 2.75) is 6.42 Å². The van der Waals surface area contributed by atoms with Crippen LogP contribution in [0.15, 0.2) is 18.3 Å². The SMILES string of the molecule is CNCCC=Cc1cc(Cl)ncc1F. The van der Waals surface area contributed by atoms with Crippen LogP contribution in [0.2, 0.25) is 5.15 Å². The van der Waals surface area contributed by atoms with E-state index < -0.39 is 0 Å². The molecule has 4 heteroatoms. The smallest absolute Gasteiger partial charge is 0.148 e. The fourth-order valence-electron chi connectivity index (χ4n) is 0.993. The van der Waals surface area contributed by atoms with E-state index in [0.29, 0.717) is 10.7 Å². The van der Waals surface area contributed by atoms with Crippen molar-refractivity contribution in [3.8, 4) is 0 Å². The summed E-state index contributed by atoms with van der Waals surface area (Å²) in [4.78, 5) is 3.63. The van der Waals surface area contributed by atoms with Crippen LogP contribution in [0.25, 0.3) is 6.08 Å². The van der Waals surface area contributed by atoms with Crippen molar-refractivity contribution in [2.75, 3.05) is 13.6 Å². The summed E-state index contributed by atoms with van der Waals surface area (Å²) >= 11 is 5.63. The van der Waals surface area contributed by atoms with Crippen molar-refractivity contribution in [3.05, 3.63) is 34.9 Å². The van der Waals surface area contributed by atoms with Gasteiger partial charge in [-0.1, -0.05) is 23.8 Å². The molecule has 0 unspecified atom stereocenters. The highest BCUT2D eigenvalue weighted by Gasteiger charge is 1.99. The second-order valence-corrected chi connectivity index (χ2v) is 3.21. The molecule has 76 valence electrons. The highest BCUT2D eigenvalue weighted by molar-refractivity contribution is 6.29. The second kappa shape index (κ2) is 5.73. The second-order valence-electron chi connectivity index (χ2n) is 2.82. The average Bonchev–Trinajstić information content (AvgIpc) is 2.18. The molecule has 1 heterocycles. The molecule has 1 aromatic heterocycles. The van der Waals surface area contributed by atoms with E-state index in [4.69, 9.17) is 11.6 Å². The number of nitrogens with one attached hydrogen (secondary N) is 1. The van der Waals surface area contributed by atoms with E-state index in [1.807, 2.05) is 13.1 Å². The van der Waals surface area contributed by atoms with Crippen molar-refractivity contribution in [3.63, 3.8) is 0 Å². The van der Waals surface area contributed by atoms with Crippen LogP contribution < -0.4 is 5.32 Å². The summed E-state index contributed by atoms with van der Waals surface area (Å²) in [5, 5.41) is 3.30. The molecule has 1 N–H and O–H groups in total. The molecule has 1 rings (SSSR count). The zero-order valence-electron chi connectivity index (χ0n) is 7.93. The lowest BCUT2D eigenvalue weighted by Gasteiger charge is -1.97. The summed E-state index contributed by atoms with van der Waals surface area (Å²) in [6, 6.07) is 1.51. The summed E-state index contributed by atoms with van der Waals surface area (Å²) in [7, 11) is 1.87. The van der Waals surface area contributed by atoms with Gasteiger partial charge in [0, 0.05) is 5.56 Å². The number of rotatable bonds is 4. The van der Waals surface area contributed by atoms with Crippen molar-refractivity contribution < 1.29 is 4.39 Å².